The summed E-state index contributed by atoms with van der Waals surface area (Å²) >= 11 is 6.02. The van der Waals surface area contributed by atoms with Gasteiger partial charge in [-0.3, -0.25) is 9.78 Å². The van der Waals surface area contributed by atoms with E-state index in [9.17, 15) is 18.0 Å². The number of aliphatic imine (C=N–C) groups is 1. The summed E-state index contributed by atoms with van der Waals surface area (Å²) in [7, 11) is 3.39. The lowest BCUT2D eigenvalue weighted by molar-refractivity contribution is 0.103. The Hall–Kier alpha value is -3.19. The van der Waals surface area contributed by atoms with Crippen molar-refractivity contribution in [3.63, 3.8) is 0 Å². The number of rotatable bonds is 5. The largest absolute Gasteiger partial charge is 0.369 e. The minimum absolute atomic E-state index is 0.0178. The lowest BCUT2D eigenvalue weighted by Crippen LogP contribution is -2.09. The lowest BCUT2D eigenvalue weighted by Gasteiger charge is -2.13. The van der Waals surface area contributed by atoms with Crippen molar-refractivity contribution in [2.75, 3.05) is 14.1 Å². The molecule has 1 heterocycles. The van der Waals surface area contributed by atoms with E-state index in [0.29, 0.717) is 0 Å². The maximum absolute atomic E-state index is 14.4. The molecule has 0 unspecified atom stereocenters. The first-order valence-corrected chi connectivity index (χ1v) is 8.81. The third-order valence-electron chi connectivity index (χ3n) is 3.96. The van der Waals surface area contributed by atoms with Gasteiger partial charge in [0.25, 0.3) is 0 Å². The summed E-state index contributed by atoms with van der Waals surface area (Å²) in [5, 5.41) is -0.0898. The monoisotopic (exact) mass is 417 g/mol. The molecule has 29 heavy (non-hydrogen) atoms. The van der Waals surface area contributed by atoms with E-state index in [1.165, 1.54) is 30.7 Å². The molecule has 0 N–H and O–H groups in total. The number of halogens is 4. The number of ketones is 1. The molecule has 148 valence electrons. The van der Waals surface area contributed by atoms with Crippen LogP contribution in [0.25, 0.3) is 11.3 Å². The summed E-state index contributed by atoms with van der Waals surface area (Å²) in [6, 6.07) is 8.12. The fraction of sp³-hybridized carbons (Fsp3) is 0.0952. The van der Waals surface area contributed by atoms with Gasteiger partial charge in [0.2, 0.25) is 0 Å². The molecule has 3 rings (SSSR count). The van der Waals surface area contributed by atoms with Gasteiger partial charge < -0.3 is 4.90 Å². The zero-order chi connectivity index (χ0) is 21.1. The number of hydrogen-bond acceptors (Lipinski definition) is 3. The molecule has 0 saturated carbocycles. The van der Waals surface area contributed by atoms with E-state index in [2.05, 4.69) is 9.98 Å². The number of hydrogen-bond donors (Lipinski definition) is 0. The predicted molar refractivity (Wildman–Crippen MR) is 106 cm³/mol. The summed E-state index contributed by atoms with van der Waals surface area (Å²) < 4.78 is 42.1. The van der Waals surface area contributed by atoms with E-state index in [4.69, 9.17) is 11.6 Å². The molecule has 2 aromatic carbocycles. The van der Waals surface area contributed by atoms with Gasteiger partial charge in [0.1, 0.15) is 28.8 Å². The van der Waals surface area contributed by atoms with Crippen LogP contribution in [0, 0.1) is 17.5 Å². The minimum atomic E-state index is -0.844. The predicted octanol–water partition coefficient (Wildman–Crippen LogP) is 5.27. The van der Waals surface area contributed by atoms with E-state index in [0.717, 1.165) is 24.3 Å². The molecular formula is C21H15ClF3N3O. The molecule has 8 heteroatoms. The van der Waals surface area contributed by atoms with Gasteiger partial charge in [-0.15, -0.1) is 0 Å². The molecule has 0 saturated heterocycles. The fourth-order valence-electron chi connectivity index (χ4n) is 2.67. The topological polar surface area (TPSA) is 45.6 Å². The summed E-state index contributed by atoms with van der Waals surface area (Å²) in [6.07, 6.45) is 2.63. The number of carbonyl (C=O) groups is 1. The van der Waals surface area contributed by atoms with Crippen LogP contribution in [-0.2, 0) is 0 Å². The van der Waals surface area contributed by atoms with Crippen LogP contribution >= 0.6 is 11.6 Å². The maximum Gasteiger partial charge on any atom is 0.196 e. The van der Waals surface area contributed by atoms with Crippen LogP contribution < -0.4 is 0 Å². The zero-order valence-electron chi connectivity index (χ0n) is 15.5. The lowest BCUT2D eigenvalue weighted by atomic mass is 9.99. The second-order valence-corrected chi connectivity index (χ2v) is 6.72. The Kier molecular flexibility index (Phi) is 5.98. The SMILES string of the molecule is CN(C)C=Nc1c(C(=O)c2ccc(F)cc2Cl)ccnc1-c1c(F)cccc1F. The van der Waals surface area contributed by atoms with E-state index < -0.39 is 28.8 Å². The molecule has 0 fully saturated rings. The molecule has 0 spiro atoms. The van der Waals surface area contributed by atoms with Crippen LogP contribution in [0.1, 0.15) is 15.9 Å². The average Bonchev–Trinajstić information content (AvgIpc) is 2.66. The highest BCUT2D eigenvalue weighted by molar-refractivity contribution is 6.35. The molecule has 0 bridgehead atoms. The van der Waals surface area contributed by atoms with Crippen LogP contribution in [0.2, 0.25) is 5.02 Å². The first-order chi connectivity index (χ1) is 13.8. The van der Waals surface area contributed by atoms with Crippen LogP contribution in [0.15, 0.2) is 53.7 Å². The Morgan fingerprint density at radius 2 is 1.76 bits per heavy atom. The first kappa shape index (κ1) is 20.5. The molecule has 4 nitrogen and oxygen atoms in total. The Morgan fingerprint density at radius 1 is 1.07 bits per heavy atom. The molecule has 0 radical (unpaired) electrons. The van der Waals surface area contributed by atoms with Gasteiger partial charge in [-0.2, -0.15) is 0 Å². The van der Waals surface area contributed by atoms with Gasteiger partial charge >= 0.3 is 0 Å². The van der Waals surface area contributed by atoms with Crippen molar-refractivity contribution in [3.8, 4) is 11.3 Å². The molecule has 1 aromatic heterocycles. The Bertz CT molecular complexity index is 1100. The van der Waals surface area contributed by atoms with Crippen molar-refractivity contribution in [2.24, 2.45) is 4.99 Å². The van der Waals surface area contributed by atoms with Crippen molar-refractivity contribution in [1.29, 1.82) is 0 Å². The van der Waals surface area contributed by atoms with E-state index >= 15 is 0 Å². The number of aromatic nitrogens is 1. The van der Waals surface area contributed by atoms with Gasteiger partial charge in [-0.1, -0.05) is 17.7 Å². The molecule has 3 aromatic rings. The van der Waals surface area contributed by atoms with Crippen molar-refractivity contribution in [2.45, 2.75) is 0 Å². The minimum Gasteiger partial charge on any atom is -0.369 e. The summed E-state index contributed by atoms with van der Waals surface area (Å²) in [5.74, 6) is -2.87. The Labute approximate surface area is 170 Å². The van der Waals surface area contributed by atoms with Crippen LogP contribution in [0.5, 0.6) is 0 Å². The average molecular weight is 418 g/mol. The van der Waals surface area contributed by atoms with Gasteiger partial charge in [-0.25, -0.2) is 18.2 Å². The molecule has 0 amide bonds. The highest BCUT2D eigenvalue weighted by atomic mass is 35.5. The zero-order valence-corrected chi connectivity index (χ0v) is 16.2. The van der Waals surface area contributed by atoms with Crippen LogP contribution in [0.3, 0.4) is 0 Å². The molecule has 0 aliphatic heterocycles. The summed E-state index contributed by atoms with van der Waals surface area (Å²) in [5.41, 5.74) is -0.526. The smallest absolute Gasteiger partial charge is 0.196 e. The maximum atomic E-state index is 14.4. The highest BCUT2D eigenvalue weighted by Crippen LogP contribution is 2.36. The molecule has 0 atom stereocenters. The molecule has 0 aliphatic rings. The van der Waals surface area contributed by atoms with Gasteiger partial charge in [0.05, 0.1) is 22.5 Å². The third kappa shape index (κ3) is 4.30. The molecular weight excluding hydrogens is 403 g/mol. The van der Waals surface area contributed by atoms with E-state index in [1.54, 1.807) is 19.0 Å². The van der Waals surface area contributed by atoms with Gasteiger partial charge in [-0.05, 0) is 36.4 Å². The molecule has 0 aliphatic carbocycles. The second kappa shape index (κ2) is 8.45. The fourth-order valence-corrected chi connectivity index (χ4v) is 2.92. The Balaban J connectivity index is 2.26. The second-order valence-electron chi connectivity index (χ2n) is 6.31. The number of nitrogens with zero attached hydrogens (tertiary/aromatic N) is 3. The number of benzene rings is 2. The number of carbonyl (C=O) groups excluding carboxylic acids is 1. The standard InChI is InChI=1S/C21H15ClF3N3O/c1-28(2)11-27-19-14(21(29)13-7-6-12(23)10-15(13)22)8-9-26-20(19)18-16(24)4-3-5-17(18)25/h3-11H,1-2H3. The van der Waals surface area contributed by atoms with E-state index in [1.807, 2.05) is 0 Å². The van der Waals surface area contributed by atoms with Gasteiger partial charge in [0, 0.05) is 25.9 Å². The Morgan fingerprint density at radius 3 is 2.38 bits per heavy atom. The highest BCUT2D eigenvalue weighted by Gasteiger charge is 2.23. The van der Waals surface area contributed by atoms with Crippen molar-refractivity contribution < 1.29 is 18.0 Å². The normalized spacial score (nSPS) is 11.1. The quantitative estimate of drug-likeness (QED) is 0.322. The van der Waals surface area contributed by atoms with Gasteiger partial charge in [0.15, 0.2) is 5.78 Å². The van der Waals surface area contributed by atoms with Crippen molar-refractivity contribution >= 4 is 29.4 Å². The first-order valence-electron chi connectivity index (χ1n) is 8.43. The summed E-state index contributed by atoms with van der Waals surface area (Å²) in [6.45, 7) is 0. The van der Waals surface area contributed by atoms with Crippen molar-refractivity contribution in [1.82, 2.24) is 9.88 Å². The van der Waals surface area contributed by atoms with E-state index in [-0.39, 0.29) is 27.5 Å². The number of pyridine rings is 1. The third-order valence-corrected chi connectivity index (χ3v) is 4.27. The van der Waals surface area contributed by atoms with Crippen LogP contribution in [0.4, 0.5) is 18.9 Å². The summed E-state index contributed by atoms with van der Waals surface area (Å²) in [4.78, 5) is 23.0. The van der Waals surface area contributed by atoms with Crippen molar-refractivity contribution in [3.05, 3.63) is 82.3 Å². The van der Waals surface area contributed by atoms with Crippen LogP contribution in [-0.4, -0.2) is 36.1 Å².